The smallest absolute Gasteiger partial charge is 0.279 e. The topological polar surface area (TPSA) is 71.6 Å². The Morgan fingerprint density at radius 1 is 1.26 bits per heavy atom. The molecule has 7 heteroatoms. The highest BCUT2D eigenvalue weighted by atomic mass is 32.1. The Balaban J connectivity index is 2.38. The molecule has 0 heterocycles. The predicted octanol–water partition coefficient (Wildman–Crippen LogP) is 1.92. The molecule has 0 saturated heterocycles. The number of rotatable bonds is 7. The van der Waals surface area contributed by atoms with E-state index in [4.69, 9.17) is 21.7 Å². The first-order valence-electron chi connectivity index (χ1n) is 7.30. The summed E-state index contributed by atoms with van der Waals surface area (Å²) in [4.78, 5) is 11.9. The molecule has 1 aromatic rings. The molecule has 6 nitrogen and oxygen atoms in total. The fourth-order valence-corrected chi connectivity index (χ4v) is 1.66. The van der Waals surface area contributed by atoms with Gasteiger partial charge in [-0.3, -0.25) is 15.6 Å². The summed E-state index contributed by atoms with van der Waals surface area (Å²) >= 11 is 5.01. The minimum Gasteiger partial charge on any atom is -0.494 e. The van der Waals surface area contributed by atoms with Gasteiger partial charge < -0.3 is 14.8 Å². The van der Waals surface area contributed by atoms with Crippen LogP contribution in [0, 0.1) is 0 Å². The average Bonchev–Trinajstić information content (AvgIpc) is 2.52. The monoisotopic (exact) mass is 337 g/mol. The predicted molar refractivity (Wildman–Crippen MR) is 94.4 cm³/mol. The number of carbonyl (C=O) groups is 1. The summed E-state index contributed by atoms with van der Waals surface area (Å²) < 4.78 is 10.9. The van der Waals surface area contributed by atoms with Gasteiger partial charge >= 0.3 is 0 Å². The fraction of sp³-hybridized carbons (Fsp3) is 0.375. The number of hydrogen-bond donors (Lipinski definition) is 3. The number of amides is 1. The van der Waals surface area contributed by atoms with Gasteiger partial charge in [-0.15, -0.1) is 0 Å². The van der Waals surface area contributed by atoms with Crippen LogP contribution in [-0.2, 0) is 4.79 Å². The quantitative estimate of drug-likeness (QED) is 0.401. The van der Waals surface area contributed by atoms with E-state index < -0.39 is 6.10 Å². The van der Waals surface area contributed by atoms with Gasteiger partial charge in [0.05, 0.1) is 6.61 Å². The molecule has 0 spiro atoms. The van der Waals surface area contributed by atoms with Crippen LogP contribution in [0.1, 0.15) is 20.8 Å². The van der Waals surface area contributed by atoms with E-state index in [0.717, 1.165) is 11.3 Å². The van der Waals surface area contributed by atoms with Crippen LogP contribution in [0.3, 0.4) is 0 Å². The van der Waals surface area contributed by atoms with Crippen molar-refractivity contribution >= 4 is 23.2 Å². The van der Waals surface area contributed by atoms with Gasteiger partial charge in [-0.1, -0.05) is 12.2 Å². The summed E-state index contributed by atoms with van der Waals surface area (Å²) in [5.74, 6) is 1.00. The summed E-state index contributed by atoms with van der Waals surface area (Å²) in [5.41, 5.74) is 6.03. The molecular formula is C16H23N3O3S. The lowest BCUT2D eigenvalue weighted by Gasteiger charge is -2.16. The standard InChI is InChI=1S/C16H23N3O3S/c1-5-21-13-6-8-14(9-7-13)22-12(4)15(20)18-19-16(23)17-10-11(2)3/h6-9,12H,2,5,10H2,1,3-4H3,(H,18,20)(H2,17,19,23)/t12-/m0/s1. The van der Waals surface area contributed by atoms with Crippen molar-refractivity contribution in [3.8, 4) is 11.5 Å². The number of nitrogens with one attached hydrogen (secondary N) is 3. The molecule has 0 aromatic heterocycles. The van der Waals surface area contributed by atoms with Crippen LogP contribution in [0.4, 0.5) is 0 Å². The number of thiocarbonyl (C=S) groups is 1. The molecule has 0 bridgehead atoms. The van der Waals surface area contributed by atoms with Crippen molar-refractivity contribution < 1.29 is 14.3 Å². The third kappa shape index (κ3) is 7.51. The molecule has 0 aliphatic rings. The Morgan fingerprint density at radius 3 is 2.43 bits per heavy atom. The van der Waals surface area contributed by atoms with E-state index in [0.29, 0.717) is 24.0 Å². The van der Waals surface area contributed by atoms with Crippen LogP contribution >= 0.6 is 12.2 Å². The normalized spacial score (nSPS) is 11.1. The zero-order chi connectivity index (χ0) is 17.2. The lowest BCUT2D eigenvalue weighted by Crippen LogP contribution is -2.50. The Bertz CT molecular complexity index is 546. The first-order chi connectivity index (χ1) is 10.9. The van der Waals surface area contributed by atoms with E-state index in [1.165, 1.54) is 0 Å². The third-order valence-corrected chi connectivity index (χ3v) is 2.91. The van der Waals surface area contributed by atoms with Crippen molar-refractivity contribution in [1.29, 1.82) is 0 Å². The van der Waals surface area contributed by atoms with Crippen LogP contribution in [0.2, 0.25) is 0 Å². The van der Waals surface area contributed by atoms with Crippen molar-refractivity contribution in [2.24, 2.45) is 0 Å². The van der Waals surface area contributed by atoms with Gasteiger partial charge in [-0.2, -0.15) is 0 Å². The van der Waals surface area contributed by atoms with Gasteiger partial charge in [0.15, 0.2) is 11.2 Å². The van der Waals surface area contributed by atoms with Gasteiger partial charge in [0.1, 0.15) is 11.5 Å². The second-order valence-corrected chi connectivity index (χ2v) is 5.33. The number of hydrazine groups is 1. The molecular weight excluding hydrogens is 314 g/mol. The Hall–Kier alpha value is -2.28. The molecule has 0 aliphatic carbocycles. The largest absolute Gasteiger partial charge is 0.494 e. The number of benzene rings is 1. The minimum atomic E-state index is -0.676. The second kappa shape index (κ2) is 9.68. The van der Waals surface area contributed by atoms with Gasteiger partial charge in [-0.25, -0.2) is 0 Å². The first-order valence-corrected chi connectivity index (χ1v) is 7.70. The van der Waals surface area contributed by atoms with E-state index in [-0.39, 0.29) is 5.91 Å². The van der Waals surface area contributed by atoms with Crippen molar-refractivity contribution in [3.05, 3.63) is 36.4 Å². The van der Waals surface area contributed by atoms with Crippen LogP contribution in [-0.4, -0.2) is 30.3 Å². The average molecular weight is 337 g/mol. The maximum Gasteiger partial charge on any atom is 0.279 e. The maximum atomic E-state index is 11.9. The van der Waals surface area contributed by atoms with E-state index in [1.807, 2.05) is 13.8 Å². The molecule has 1 rings (SSSR count). The molecule has 0 saturated carbocycles. The molecule has 23 heavy (non-hydrogen) atoms. The lowest BCUT2D eigenvalue weighted by atomic mass is 10.3. The van der Waals surface area contributed by atoms with E-state index in [2.05, 4.69) is 22.7 Å². The molecule has 1 amide bonds. The van der Waals surface area contributed by atoms with Crippen molar-refractivity contribution in [2.75, 3.05) is 13.2 Å². The van der Waals surface area contributed by atoms with E-state index in [9.17, 15) is 4.79 Å². The van der Waals surface area contributed by atoms with Crippen LogP contribution < -0.4 is 25.6 Å². The summed E-state index contributed by atoms with van der Waals surface area (Å²) in [5, 5.41) is 3.21. The highest BCUT2D eigenvalue weighted by molar-refractivity contribution is 7.80. The molecule has 1 atom stereocenters. The van der Waals surface area contributed by atoms with Gasteiger partial charge in [0.2, 0.25) is 0 Å². The highest BCUT2D eigenvalue weighted by Gasteiger charge is 2.14. The number of carbonyl (C=O) groups excluding carboxylic acids is 1. The van der Waals surface area contributed by atoms with Gasteiger partial charge in [0.25, 0.3) is 5.91 Å². The molecule has 126 valence electrons. The van der Waals surface area contributed by atoms with Crippen LogP contribution in [0.5, 0.6) is 11.5 Å². The first kappa shape index (κ1) is 18.8. The lowest BCUT2D eigenvalue weighted by molar-refractivity contribution is -0.127. The zero-order valence-electron chi connectivity index (χ0n) is 13.6. The summed E-state index contributed by atoms with van der Waals surface area (Å²) in [6.45, 7) is 10.3. The zero-order valence-corrected chi connectivity index (χ0v) is 14.5. The summed E-state index contributed by atoms with van der Waals surface area (Å²) in [7, 11) is 0. The Kier molecular flexibility index (Phi) is 7.90. The van der Waals surface area contributed by atoms with Crippen molar-refractivity contribution in [2.45, 2.75) is 26.9 Å². The SMILES string of the molecule is C=C(C)CNC(=S)NNC(=O)[C@H](C)Oc1ccc(OCC)cc1. The number of ether oxygens (including phenoxy) is 2. The highest BCUT2D eigenvalue weighted by Crippen LogP contribution is 2.18. The van der Waals surface area contributed by atoms with Crippen LogP contribution in [0.15, 0.2) is 36.4 Å². The summed E-state index contributed by atoms with van der Waals surface area (Å²) in [6, 6.07) is 7.08. The Labute approximate surface area is 142 Å². The van der Waals surface area contributed by atoms with Crippen molar-refractivity contribution in [1.82, 2.24) is 16.2 Å². The molecule has 0 fully saturated rings. The van der Waals surface area contributed by atoms with Crippen LogP contribution in [0.25, 0.3) is 0 Å². The molecule has 0 unspecified atom stereocenters. The Morgan fingerprint density at radius 2 is 1.87 bits per heavy atom. The maximum absolute atomic E-state index is 11.9. The molecule has 1 aromatic carbocycles. The molecule has 0 radical (unpaired) electrons. The molecule has 3 N–H and O–H groups in total. The minimum absolute atomic E-state index is 0.314. The van der Waals surface area contributed by atoms with Crippen molar-refractivity contribution in [3.63, 3.8) is 0 Å². The second-order valence-electron chi connectivity index (χ2n) is 4.92. The fourth-order valence-electron chi connectivity index (χ4n) is 1.53. The summed E-state index contributed by atoms with van der Waals surface area (Å²) in [6.07, 6.45) is -0.676. The van der Waals surface area contributed by atoms with E-state index >= 15 is 0 Å². The van der Waals surface area contributed by atoms with Gasteiger partial charge in [-0.05, 0) is 57.3 Å². The van der Waals surface area contributed by atoms with Gasteiger partial charge in [0, 0.05) is 6.54 Å². The number of hydrogen-bond acceptors (Lipinski definition) is 4. The molecule has 0 aliphatic heterocycles. The third-order valence-electron chi connectivity index (χ3n) is 2.67. The van der Waals surface area contributed by atoms with E-state index in [1.54, 1.807) is 31.2 Å².